The van der Waals surface area contributed by atoms with Crippen LogP contribution in [0.5, 0.6) is 0 Å². The van der Waals surface area contributed by atoms with Crippen molar-refractivity contribution < 1.29 is 24.2 Å². The molecule has 4 rings (SSSR count). The SMILES string of the molecule is COC(=O)c1cc(C(=O)O)nc2nc(C(N)=O)nn12.N#Cc1ccc2c(c1)CC[C@@H]2NCl. The number of nitrogens with one attached hydrogen (secondary N) is 1. The lowest BCUT2D eigenvalue weighted by molar-refractivity contribution is 0.0590. The summed E-state index contributed by atoms with van der Waals surface area (Å²) in [7, 11) is 1.11. The van der Waals surface area contributed by atoms with Crippen LogP contribution in [-0.2, 0) is 11.2 Å². The Morgan fingerprint density at radius 1 is 1.34 bits per heavy atom. The summed E-state index contributed by atoms with van der Waals surface area (Å²) in [5.74, 6) is -3.78. The Kier molecular flexibility index (Phi) is 6.62. The number of ether oxygens (including phenoxy) is 1. The second-order valence-electron chi connectivity index (χ2n) is 6.56. The van der Waals surface area contributed by atoms with E-state index in [1.807, 2.05) is 18.2 Å². The van der Waals surface area contributed by atoms with Crippen LogP contribution in [0.1, 0.15) is 60.7 Å². The predicted molar refractivity (Wildman–Crippen MR) is 109 cm³/mol. The van der Waals surface area contributed by atoms with E-state index in [4.69, 9.17) is 27.9 Å². The molecule has 0 radical (unpaired) electrons. The first-order valence-electron chi connectivity index (χ1n) is 9.07. The number of aromatic nitrogens is 4. The third-order valence-electron chi connectivity index (χ3n) is 4.63. The van der Waals surface area contributed by atoms with Crippen LogP contribution in [0.25, 0.3) is 5.78 Å². The fraction of sp³-hybridized carbons (Fsp3) is 0.211. The number of carboxylic acid groups (broad SMARTS) is 1. The number of amides is 1. The average Bonchev–Trinajstić information content (AvgIpc) is 3.41. The van der Waals surface area contributed by atoms with Crippen molar-refractivity contribution in [1.82, 2.24) is 24.4 Å². The van der Waals surface area contributed by atoms with E-state index in [1.165, 1.54) is 11.1 Å². The Morgan fingerprint density at radius 2 is 2.09 bits per heavy atom. The Bertz CT molecular complexity index is 1270. The Hall–Kier alpha value is -4.08. The summed E-state index contributed by atoms with van der Waals surface area (Å²) in [4.78, 5) is 43.4. The van der Waals surface area contributed by atoms with Gasteiger partial charge in [0.05, 0.1) is 18.7 Å². The first-order chi connectivity index (χ1) is 15.3. The van der Waals surface area contributed by atoms with Gasteiger partial charge in [0.15, 0.2) is 11.4 Å². The smallest absolute Gasteiger partial charge is 0.356 e. The molecule has 0 bridgehead atoms. The summed E-state index contributed by atoms with van der Waals surface area (Å²) >= 11 is 5.59. The number of carboxylic acids is 1. The number of rotatable bonds is 4. The van der Waals surface area contributed by atoms with E-state index in [2.05, 4.69) is 30.7 Å². The topological polar surface area (TPSA) is 186 Å². The standard InChI is InChI=1S/C10H9ClN2.C9H7N5O5/c11-13-10-4-2-8-5-7(6-12)1-3-9(8)10;1-19-8(18)4-2-3(7(16)17)11-9-12-6(5(10)15)13-14(4)9/h1,3,5,10,13H,2,4H2;2H,1H3,(H2,10,15)(H,16,17)/t10-;/m0./s1. The third kappa shape index (κ3) is 4.48. The van der Waals surface area contributed by atoms with Gasteiger partial charge in [-0.1, -0.05) is 6.07 Å². The lowest BCUT2D eigenvalue weighted by Crippen LogP contribution is -2.15. The second-order valence-corrected chi connectivity index (χ2v) is 6.78. The molecule has 3 aromatic rings. The number of halogens is 1. The van der Waals surface area contributed by atoms with Crippen LogP contribution >= 0.6 is 11.8 Å². The fourth-order valence-electron chi connectivity index (χ4n) is 3.13. The van der Waals surface area contributed by atoms with Crippen molar-refractivity contribution in [2.75, 3.05) is 7.11 Å². The number of benzene rings is 1. The van der Waals surface area contributed by atoms with Gasteiger partial charge in [-0.2, -0.15) is 14.8 Å². The number of carbonyl (C=O) groups is 3. The predicted octanol–water partition coefficient (Wildman–Crippen LogP) is 0.997. The van der Waals surface area contributed by atoms with Crippen LogP contribution in [0.2, 0.25) is 0 Å². The maximum absolute atomic E-state index is 11.5. The highest BCUT2D eigenvalue weighted by Gasteiger charge is 2.22. The second kappa shape index (κ2) is 9.38. The number of hydrogen-bond donors (Lipinski definition) is 3. The number of primary amides is 1. The van der Waals surface area contributed by atoms with Crippen LogP contribution in [0.4, 0.5) is 0 Å². The molecule has 2 aromatic heterocycles. The summed E-state index contributed by atoms with van der Waals surface area (Å²) in [5, 5.41) is 21.2. The first-order valence-corrected chi connectivity index (χ1v) is 9.45. The van der Waals surface area contributed by atoms with Crippen LogP contribution < -0.4 is 10.6 Å². The monoisotopic (exact) mass is 457 g/mol. The summed E-state index contributed by atoms with van der Waals surface area (Å²) in [5.41, 5.74) is 7.54. The van der Waals surface area contributed by atoms with E-state index < -0.39 is 23.5 Å². The van der Waals surface area contributed by atoms with Crippen LogP contribution in [-0.4, -0.2) is 49.6 Å². The maximum Gasteiger partial charge on any atom is 0.356 e. The molecule has 1 atom stereocenters. The maximum atomic E-state index is 11.5. The molecule has 4 N–H and O–H groups in total. The van der Waals surface area contributed by atoms with E-state index in [0.717, 1.165) is 36.1 Å². The number of nitrogens with two attached hydrogens (primary N) is 1. The van der Waals surface area contributed by atoms with Gasteiger partial charge in [0.2, 0.25) is 5.82 Å². The number of methoxy groups -OCH3 is 1. The Labute approximate surface area is 185 Å². The van der Waals surface area contributed by atoms with Gasteiger partial charge < -0.3 is 15.6 Å². The molecular weight excluding hydrogens is 442 g/mol. The molecule has 13 heteroatoms. The average molecular weight is 458 g/mol. The van der Waals surface area contributed by atoms with Crippen molar-refractivity contribution in [2.24, 2.45) is 5.73 Å². The number of esters is 1. The summed E-state index contributed by atoms with van der Waals surface area (Å²) in [6.07, 6.45) is 2.03. The highest BCUT2D eigenvalue weighted by molar-refractivity contribution is 6.13. The zero-order valence-corrected chi connectivity index (χ0v) is 17.3. The van der Waals surface area contributed by atoms with Crippen molar-refractivity contribution >= 4 is 35.4 Å². The van der Waals surface area contributed by atoms with Crippen LogP contribution in [0.3, 0.4) is 0 Å². The third-order valence-corrected chi connectivity index (χ3v) is 4.89. The first kappa shape index (κ1) is 22.6. The molecule has 0 saturated heterocycles. The zero-order chi connectivity index (χ0) is 23.4. The van der Waals surface area contributed by atoms with Crippen molar-refractivity contribution in [2.45, 2.75) is 18.9 Å². The number of fused-ring (bicyclic) bond motifs is 2. The summed E-state index contributed by atoms with van der Waals surface area (Å²) < 4.78 is 5.37. The molecule has 32 heavy (non-hydrogen) atoms. The van der Waals surface area contributed by atoms with Crippen molar-refractivity contribution in [3.8, 4) is 6.07 Å². The number of nitrogens with zero attached hydrogens (tertiary/aromatic N) is 5. The minimum Gasteiger partial charge on any atom is -0.477 e. The number of nitriles is 1. The summed E-state index contributed by atoms with van der Waals surface area (Å²) in [6, 6.07) is 9.12. The normalized spacial score (nSPS) is 14.1. The van der Waals surface area contributed by atoms with Gasteiger partial charge in [-0.25, -0.2) is 19.4 Å². The molecule has 0 spiro atoms. The molecule has 0 aliphatic heterocycles. The van der Waals surface area contributed by atoms with E-state index in [1.54, 1.807) is 0 Å². The van der Waals surface area contributed by atoms with Crippen molar-refractivity contribution in [3.05, 3.63) is 58.2 Å². The lowest BCUT2D eigenvalue weighted by atomic mass is 10.1. The quantitative estimate of drug-likeness (QED) is 0.376. The molecule has 1 aliphatic carbocycles. The van der Waals surface area contributed by atoms with Gasteiger partial charge in [0.1, 0.15) is 0 Å². The zero-order valence-electron chi connectivity index (χ0n) is 16.6. The fourth-order valence-corrected chi connectivity index (χ4v) is 3.36. The van der Waals surface area contributed by atoms with Gasteiger partial charge in [-0.05, 0) is 47.9 Å². The van der Waals surface area contributed by atoms with E-state index >= 15 is 0 Å². The molecule has 1 amide bonds. The number of aryl methyl sites for hydroxylation is 1. The molecular formula is C19H16ClN7O5. The van der Waals surface area contributed by atoms with E-state index in [-0.39, 0.29) is 23.3 Å². The minimum atomic E-state index is -1.36. The molecule has 0 fully saturated rings. The number of carbonyl (C=O) groups excluding carboxylic acids is 2. The van der Waals surface area contributed by atoms with E-state index in [0.29, 0.717) is 0 Å². The minimum absolute atomic E-state index is 0.232. The molecule has 2 heterocycles. The molecule has 12 nitrogen and oxygen atoms in total. The van der Waals surface area contributed by atoms with E-state index in [9.17, 15) is 14.4 Å². The largest absolute Gasteiger partial charge is 0.477 e. The molecule has 0 saturated carbocycles. The van der Waals surface area contributed by atoms with Crippen LogP contribution in [0.15, 0.2) is 24.3 Å². The van der Waals surface area contributed by atoms with Gasteiger partial charge >= 0.3 is 11.9 Å². The van der Waals surface area contributed by atoms with Crippen LogP contribution in [0, 0.1) is 11.3 Å². The van der Waals surface area contributed by atoms with Gasteiger partial charge in [0, 0.05) is 12.1 Å². The van der Waals surface area contributed by atoms with Gasteiger partial charge in [0.25, 0.3) is 11.7 Å². The molecule has 164 valence electrons. The molecule has 1 aliphatic rings. The Balaban J connectivity index is 0.000000193. The highest BCUT2D eigenvalue weighted by Crippen LogP contribution is 2.31. The summed E-state index contributed by atoms with van der Waals surface area (Å²) in [6.45, 7) is 0. The van der Waals surface area contributed by atoms with Gasteiger partial charge in [-0.3, -0.25) is 4.79 Å². The number of hydrogen-bond acceptors (Lipinski definition) is 9. The molecule has 0 unspecified atom stereocenters. The van der Waals surface area contributed by atoms with Gasteiger partial charge in [-0.15, -0.1) is 5.10 Å². The lowest BCUT2D eigenvalue weighted by Gasteiger charge is -2.07. The number of aromatic carboxylic acids is 1. The molecule has 1 aromatic carbocycles. The Morgan fingerprint density at radius 3 is 2.69 bits per heavy atom. The van der Waals surface area contributed by atoms with Crippen molar-refractivity contribution in [3.63, 3.8) is 0 Å². The highest BCUT2D eigenvalue weighted by atomic mass is 35.5. The van der Waals surface area contributed by atoms with Crippen molar-refractivity contribution in [1.29, 1.82) is 5.26 Å².